The summed E-state index contributed by atoms with van der Waals surface area (Å²) >= 11 is 0. The van der Waals surface area contributed by atoms with Gasteiger partial charge in [-0.15, -0.1) is 0 Å². The van der Waals surface area contributed by atoms with Crippen molar-refractivity contribution in [2.45, 2.75) is 41.2 Å². The first-order valence-electron chi connectivity index (χ1n) is 7.76. The molecule has 0 aliphatic heterocycles. The van der Waals surface area contributed by atoms with Crippen LogP contribution in [0.4, 0.5) is 0 Å². The molecule has 0 radical (unpaired) electrons. The lowest BCUT2D eigenvalue weighted by Gasteiger charge is -2.32. The van der Waals surface area contributed by atoms with Gasteiger partial charge in [-0.05, 0) is 36.6 Å². The van der Waals surface area contributed by atoms with Crippen molar-refractivity contribution < 1.29 is 0 Å². The Kier molecular flexibility index (Phi) is 7.17. The molecule has 3 nitrogen and oxygen atoms in total. The maximum Gasteiger partial charge on any atom is 0.0543 e. The van der Waals surface area contributed by atoms with Gasteiger partial charge >= 0.3 is 0 Å². The zero-order chi connectivity index (χ0) is 15.0. The molecule has 0 fully saturated rings. The number of hydrogen-bond donors (Lipinski definition) is 1. The molecule has 1 aromatic heterocycles. The highest BCUT2D eigenvalue weighted by molar-refractivity contribution is 5.03. The molecule has 114 valence electrons. The quantitative estimate of drug-likeness (QED) is 0.751. The molecule has 0 aliphatic rings. The van der Waals surface area contributed by atoms with E-state index in [1.165, 1.54) is 0 Å². The van der Waals surface area contributed by atoms with Crippen molar-refractivity contribution in [3.8, 4) is 0 Å². The monoisotopic (exact) mass is 277 g/mol. The van der Waals surface area contributed by atoms with Gasteiger partial charge in [-0.3, -0.25) is 9.88 Å². The second kappa shape index (κ2) is 8.38. The third-order valence-corrected chi connectivity index (χ3v) is 3.37. The molecule has 3 heteroatoms. The van der Waals surface area contributed by atoms with E-state index >= 15 is 0 Å². The predicted molar refractivity (Wildman–Crippen MR) is 86.7 cm³/mol. The number of rotatable bonds is 9. The lowest BCUT2D eigenvalue weighted by molar-refractivity contribution is 0.172. The van der Waals surface area contributed by atoms with Crippen molar-refractivity contribution in [1.29, 1.82) is 0 Å². The molecule has 0 unspecified atom stereocenters. The predicted octanol–water partition coefficient (Wildman–Crippen LogP) is 3.18. The van der Waals surface area contributed by atoms with E-state index in [0.717, 1.165) is 38.4 Å². The molecule has 0 spiro atoms. The van der Waals surface area contributed by atoms with E-state index in [2.05, 4.69) is 62.0 Å². The second-order valence-electron chi connectivity index (χ2n) is 6.81. The Morgan fingerprint density at radius 2 is 2.05 bits per heavy atom. The van der Waals surface area contributed by atoms with Crippen molar-refractivity contribution in [3.05, 3.63) is 30.1 Å². The van der Waals surface area contributed by atoms with Crippen molar-refractivity contribution in [2.24, 2.45) is 11.3 Å². The third-order valence-electron chi connectivity index (χ3n) is 3.37. The summed E-state index contributed by atoms with van der Waals surface area (Å²) in [6.07, 6.45) is 1.87. The Morgan fingerprint density at radius 1 is 1.30 bits per heavy atom. The van der Waals surface area contributed by atoms with Crippen molar-refractivity contribution in [2.75, 3.05) is 26.2 Å². The summed E-state index contributed by atoms with van der Waals surface area (Å²) < 4.78 is 0. The maximum atomic E-state index is 4.42. The molecule has 1 rings (SSSR count). The summed E-state index contributed by atoms with van der Waals surface area (Å²) in [6.45, 7) is 16.6. The van der Waals surface area contributed by atoms with Crippen molar-refractivity contribution in [3.63, 3.8) is 0 Å². The largest absolute Gasteiger partial charge is 0.316 e. The topological polar surface area (TPSA) is 28.2 Å². The van der Waals surface area contributed by atoms with Crippen LogP contribution >= 0.6 is 0 Å². The fourth-order valence-corrected chi connectivity index (χ4v) is 2.36. The van der Waals surface area contributed by atoms with Crippen molar-refractivity contribution in [1.82, 2.24) is 15.2 Å². The van der Waals surface area contributed by atoms with E-state index in [9.17, 15) is 0 Å². The number of nitrogens with one attached hydrogen (secondary N) is 1. The van der Waals surface area contributed by atoms with E-state index in [-0.39, 0.29) is 5.41 Å². The van der Waals surface area contributed by atoms with Crippen molar-refractivity contribution >= 4 is 0 Å². The van der Waals surface area contributed by atoms with Gasteiger partial charge in [-0.2, -0.15) is 0 Å². The molecule has 1 N–H and O–H groups in total. The van der Waals surface area contributed by atoms with Crippen LogP contribution in [0.1, 0.15) is 40.3 Å². The molecule has 0 saturated heterocycles. The Bertz CT molecular complexity index is 360. The van der Waals surface area contributed by atoms with E-state index in [1.807, 2.05) is 12.3 Å². The van der Waals surface area contributed by atoms with Gasteiger partial charge in [-0.25, -0.2) is 0 Å². The minimum Gasteiger partial charge on any atom is -0.316 e. The standard InChI is InChI=1S/C17H31N3/c1-6-20(12-16-9-7-8-10-19-16)14-17(4,5)13-18-11-15(2)3/h7-10,15,18H,6,11-14H2,1-5H3. The van der Waals surface area contributed by atoms with Gasteiger partial charge < -0.3 is 5.32 Å². The van der Waals surface area contributed by atoms with Crippen LogP contribution in [-0.4, -0.2) is 36.1 Å². The highest BCUT2D eigenvalue weighted by Gasteiger charge is 2.21. The van der Waals surface area contributed by atoms with Gasteiger partial charge in [0.2, 0.25) is 0 Å². The molecule has 0 amide bonds. The summed E-state index contributed by atoms with van der Waals surface area (Å²) in [6, 6.07) is 6.14. The van der Waals surface area contributed by atoms with E-state index in [4.69, 9.17) is 0 Å². The van der Waals surface area contributed by atoms with Gasteiger partial charge in [0, 0.05) is 25.8 Å². The summed E-state index contributed by atoms with van der Waals surface area (Å²) in [5.41, 5.74) is 1.43. The van der Waals surface area contributed by atoms with E-state index in [0.29, 0.717) is 5.92 Å². The van der Waals surface area contributed by atoms with Crippen LogP contribution in [0.2, 0.25) is 0 Å². The average molecular weight is 277 g/mol. The third kappa shape index (κ3) is 7.01. The molecule has 0 atom stereocenters. The zero-order valence-electron chi connectivity index (χ0n) is 13.8. The highest BCUT2D eigenvalue weighted by atomic mass is 15.1. The molecule has 0 aromatic carbocycles. The minimum absolute atomic E-state index is 0.277. The van der Waals surface area contributed by atoms with Crippen LogP contribution in [0.5, 0.6) is 0 Å². The second-order valence-corrected chi connectivity index (χ2v) is 6.81. The summed E-state index contributed by atoms with van der Waals surface area (Å²) in [5.74, 6) is 0.710. The molecule has 0 saturated carbocycles. The highest BCUT2D eigenvalue weighted by Crippen LogP contribution is 2.17. The van der Waals surface area contributed by atoms with Crippen LogP contribution < -0.4 is 5.32 Å². The van der Waals surface area contributed by atoms with Crippen LogP contribution in [0.15, 0.2) is 24.4 Å². The first-order valence-corrected chi connectivity index (χ1v) is 7.76. The maximum absolute atomic E-state index is 4.42. The molecule has 20 heavy (non-hydrogen) atoms. The Morgan fingerprint density at radius 3 is 2.60 bits per heavy atom. The number of aromatic nitrogens is 1. The molecule has 1 aromatic rings. The van der Waals surface area contributed by atoms with Gasteiger partial charge in [0.1, 0.15) is 0 Å². The zero-order valence-corrected chi connectivity index (χ0v) is 13.8. The van der Waals surface area contributed by atoms with Crippen LogP contribution in [-0.2, 0) is 6.54 Å². The first kappa shape index (κ1) is 17.1. The van der Waals surface area contributed by atoms with Gasteiger partial charge in [0.15, 0.2) is 0 Å². The smallest absolute Gasteiger partial charge is 0.0543 e. The van der Waals surface area contributed by atoms with E-state index < -0.39 is 0 Å². The Hall–Kier alpha value is -0.930. The normalized spacial score (nSPS) is 12.3. The van der Waals surface area contributed by atoms with Gasteiger partial charge in [-0.1, -0.05) is 40.7 Å². The SMILES string of the molecule is CCN(Cc1ccccn1)CC(C)(C)CNCC(C)C. The molecule has 0 aliphatic carbocycles. The average Bonchev–Trinajstić information content (AvgIpc) is 2.38. The Balaban J connectivity index is 2.45. The fourth-order valence-electron chi connectivity index (χ4n) is 2.36. The van der Waals surface area contributed by atoms with Gasteiger partial charge in [0.25, 0.3) is 0 Å². The summed E-state index contributed by atoms with van der Waals surface area (Å²) in [5, 5.41) is 3.58. The van der Waals surface area contributed by atoms with E-state index in [1.54, 1.807) is 0 Å². The van der Waals surface area contributed by atoms with Gasteiger partial charge in [0.05, 0.1) is 5.69 Å². The number of hydrogen-bond acceptors (Lipinski definition) is 3. The first-order chi connectivity index (χ1) is 9.43. The molecular formula is C17H31N3. The van der Waals surface area contributed by atoms with Crippen LogP contribution in [0.25, 0.3) is 0 Å². The lowest BCUT2D eigenvalue weighted by atomic mass is 9.92. The molecule has 1 heterocycles. The fraction of sp³-hybridized carbons (Fsp3) is 0.706. The number of pyridine rings is 1. The Labute approximate surface area is 124 Å². The number of nitrogens with zero attached hydrogens (tertiary/aromatic N) is 2. The summed E-state index contributed by atoms with van der Waals surface area (Å²) in [7, 11) is 0. The molecule has 0 bridgehead atoms. The molecular weight excluding hydrogens is 246 g/mol. The lowest BCUT2D eigenvalue weighted by Crippen LogP contribution is -2.41. The summed E-state index contributed by atoms with van der Waals surface area (Å²) in [4.78, 5) is 6.90. The minimum atomic E-state index is 0.277. The van der Waals surface area contributed by atoms with Crippen LogP contribution in [0, 0.1) is 11.3 Å². The van der Waals surface area contributed by atoms with Crippen LogP contribution in [0.3, 0.4) is 0 Å².